The van der Waals surface area contributed by atoms with Crippen LogP contribution in [-0.2, 0) is 14.8 Å². The van der Waals surface area contributed by atoms with Crippen LogP contribution in [-0.4, -0.2) is 80.5 Å². The molecule has 1 amide bonds. The highest BCUT2D eigenvalue weighted by Gasteiger charge is 2.31. The molecule has 6 nitrogen and oxygen atoms in total. The number of amides is 1. The largest absolute Gasteiger partial charge is 0.339 e. The van der Waals surface area contributed by atoms with E-state index in [0.29, 0.717) is 13.1 Å². The SMILES string of the molecule is CN1CCN(C(=O)CN(C2CCCCC2)S(C)(=O)=O)CC1. The summed E-state index contributed by atoms with van der Waals surface area (Å²) in [5, 5.41) is 0. The first-order valence-electron chi connectivity index (χ1n) is 7.81. The van der Waals surface area contributed by atoms with E-state index in [4.69, 9.17) is 0 Å². The fraction of sp³-hybridized carbons (Fsp3) is 0.929. The molecule has 1 heterocycles. The Labute approximate surface area is 128 Å². The Bertz CT molecular complexity index is 452. The van der Waals surface area contributed by atoms with Crippen LogP contribution < -0.4 is 0 Å². The van der Waals surface area contributed by atoms with E-state index in [9.17, 15) is 13.2 Å². The number of piperazine rings is 1. The zero-order valence-electron chi connectivity index (χ0n) is 13.1. The second-order valence-electron chi connectivity index (χ2n) is 6.28. The monoisotopic (exact) mass is 317 g/mol. The molecule has 0 spiro atoms. The Morgan fingerprint density at radius 2 is 1.67 bits per heavy atom. The molecule has 21 heavy (non-hydrogen) atoms. The van der Waals surface area contributed by atoms with Crippen molar-refractivity contribution in [2.75, 3.05) is 46.0 Å². The molecule has 1 aliphatic carbocycles. The molecular weight excluding hydrogens is 290 g/mol. The van der Waals surface area contributed by atoms with Crippen molar-refractivity contribution in [3.05, 3.63) is 0 Å². The molecule has 0 N–H and O–H groups in total. The normalized spacial score (nSPS) is 22.7. The van der Waals surface area contributed by atoms with Crippen molar-refractivity contribution in [3.8, 4) is 0 Å². The fourth-order valence-corrected chi connectivity index (χ4v) is 4.27. The molecule has 0 bridgehead atoms. The third-order valence-electron chi connectivity index (χ3n) is 4.56. The van der Waals surface area contributed by atoms with Crippen LogP contribution in [0.15, 0.2) is 0 Å². The number of hydrogen-bond donors (Lipinski definition) is 0. The van der Waals surface area contributed by atoms with E-state index in [0.717, 1.165) is 38.8 Å². The molecular formula is C14H27N3O3S. The lowest BCUT2D eigenvalue weighted by Crippen LogP contribution is -2.52. The average Bonchev–Trinajstić information content (AvgIpc) is 2.45. The number of carbonyl (C=O) groups excluding carboxylic acids is 1. The van der Waals surface area contributed by atoms with Gasteiger partial charge in [0.05, 0.1) is 12.8 Å². The zero-order chi connectivity index (χ0) is 15.5. The summed E-state index contributed by atoms with van der Waals surface area (Å²) >= 11 is 0. The van der Waals surface area contributed by atoms with Gasteiger partial charge in [0.25, 0.3) is 0 Å². The van der Waals surface area contributed by atoms with Gasteiger partial charge in [-0.2, -0.15) is 4.31 Å². The van der Waals surface area contributed by atoms with Crippen LogP contribution >= 0.6 is 0 Å². The maximum absolute atomic E-state index is 12.4. The minimum Gasteiger partial charge on any atom is -0.339 e. The third kappa shape index (κ3) is 4.66. The van der Waals surface area contributed by atoms with Crippen molar-refractivity contribution in [1.29, 1.82) is 0 Å². The second kappa shape index (κ2) is 7.07. The van der Waals surface area contributed by atoms with Crippen LogP contribution in [0.4, 0.5) is 0 Å². The summed E-state index contributed by atoms with van der Waals surface area (Å²) in [6, 6.07) is 0.00478. The standard InChI is InChI=1S/C14H27N3O3S/c1-15-8-10-16(11-9-15)14(18)12-17(21(2,19)20)13-6-4-3-5-7-13/h13H,3-12H2,1-2H3. The summed E-state index contributed by atoms with van der Waals surface area (Å²) in [6.07, 6.45) is 6.25. The second-order valence-corrected chi connectivity index (χ2v) is 8.22. The molecule has 0 unspecified atom stereocenters. The van der Waals surface area contributed by atoms with Crippen molar-refractivity contribution < 1.29 is 13.2 Å². The maximum Gasteiger partial charge on any atom is 0.237 e. The lowest BCUT2D eigenvalue weighted by Gasteiger charge is -2.36. The molecule has 1 saturated heterocycles. The first kappa shape index (κ1) is 16.7. The van der Waals surface area contributed by atoms with E-state index >= 15 is 0 Å². The molecule has 2 aliphatic rings. The molecule has 2 fully saturated rings. The summed E-state index contributed by atoms with van der Waals surface area (Å²) in [5.41, 5.74) is 0. The summed E-state index contributed by atoms with van der Waals surface area (Å²) in [6.45, 7) is 3.10. The summed E-state index contributed by atoms with van der Waals surface area (Å²) in [4.78, 5) is 16.4. The van der Waals surface area contributed by atoms with Gasteiger partial charge in [-0.15, -0.1) is 0 Å². The van der Waals surface area contributed by atoms with Gasteiger partial charge in [-0.25, -0.2) is 8.42 Å². The van der Waals surface area contributed by atoms with Crippen LogP contribution in [0.1, 0.15) is 32.1 Å². The van der Waals surface area contributed by atoms with E-state index in [1.807, 2.05) is 7.05 Å². The minimum atomic E-state index is -3.33. The number of sulfonamides is 1. The van der Waals surface area contributed by atoms with E-state index < -0.39 is 10.0 Å². The van der Waals surface area contributed by atoms with Gasteiger partial charge in [0.2, 0.25) is 15.9 Å². The molecule has 7 heteroatoms. The van der Waals surface area contributed by atoms with Crippen molar-refractivity contribution in [1.82, 2.24) is 14.1 Å². The van der Waals surface area contributed by atoms with Gasteiger partial charge in [0.15, 0.2) is 0 Å². The van der Waals surface area contributed by atoms with Gasteiger partial charge >= 0.3 is 0 Å². The third-order valence-corrected chi connectivity index (χ3v) is 5.83. The van der Waals surface area contributed by atoms with Crippen molar-refractivity contribution in [2.24, 2.45) is 0 Å². The first-order chi connectivity index (χ1) is 9.88. The number of nitrogens with zero attached hydrogens (tertiary/aromatic N) is 3. The van der Waals surface area contributed by atoms with Gasteiger partial charge in [-0.1, -0.05) is 19.3 Å². The molecule has 0 aromatic heterocycles. The fourth-order valence-electron chi connectivity index (χ4n) is 3.18. The van der Waals surface area contributed by atoms with Gasteiger partial charge in [0, 0.05) is 32.2 Å². The summed E-state index contributed by atoms with van der Waals surface area (Å²) in [7, 11) is -1.30. The molecule has 0 atom stereocenters. The highest BCUT2D eigenvalue weighted by Crippen LogP contribution is 2.24. The van der Waals surface area contributed by atoms with Crippen LogP contribution in [0.2, 0.25) is 0 Å². The van der Waals surface area contributed by atoms with E-state index in [1.54, 1.807) is 4.90 Å². The Hall–Kier alpha value is -0.660. The molecule has 0 radical (unpaired) electrons. The van der Waals surface area contributed by atoms with Gasteiger partial charge in [0.1, 0.15) is 0 Å². The molecule has 0 aromatic rings. The van der Waals surface area contributed by atoms with Gasteiger partial charge in [-0.3, -0.25) is 4.79 Å². The highest BCUT2D eigenvalue weighted by molar-refractivity contribution is 7.88. The summed E-state index contributed by atoms with van der Waals surface area (Å²) < 4.78 is 25.5. The lowest BCUT2D eigenvalue weighted by atomic mass is 9.95. The topological polar surface area (TPSA) is 60.9 Å². The van der Waals surface area contributed by atoms with Crippen molar-refractivity contribution in [3.63, 3.8) is 0 Å². The maximum atomic E-state index is 12.4. The average molecular weight is 317 g/mol. The predicted octanol–water partition coefficient (Wildman–Crippen LogP) is 0.355. The number of likely N-dealkylation sites (N-methyl/N-ethyl adjacent to an activating group) is 1. The smallest absolute Gasteiger partial charge is 0.237 e. The van der Waals surface area contributed by atoms with Crippen molar-refractivity contribution >= 4 is 15.9 Å². The minimum absolute atomic E-state index is 0.00478. The van der Waals surface area contributed by atoms with Crippen LogP contribution in [0.3, 0.4) is 0 Å². The van der Waals surface area contributed by atoms with Crippen molar-refractivity contribution in [2.45, 2.75) is 38.1 Å². The van der Waals surface area contributed by atoms with E-state index in [2.05, 4.69) is 4.90 Å². The Kier molecular flexibility index (Phi) is 5.62. The Morgan fingerprint density at radius 1 is 1.10 bits per heavy atom. The summed E-state index contributed by atoms with van der Waals surface area (Å²) in [5.74, 6) is -0.0564. The number of carbonyl (C=O) groups is 1. The van der Waals surface area contributed by atoms with E-state index in [1.165, 1.54) is 17.0 Å². The molecule has 122 valence electrons. The number of hydrogen-bond acceptors (Lipinski definition) is 4. The highest BCUT2D eigenvalue weighted by atomic mass is 32.2. The van der Waals surface area contributed by atoms with Gasteiger partial charge in [-0.05, 0) is 19.9 Å². The van der Waals surface area contributed by atoms with Crippen LogP contribution in [0.25, 0.3) is 0 Å². The van der Waals surface area contributed by atoms with Crippen LogP contribution in [0, 0.1) is 0 Å². The zero-order valence-corrected chi connectivity index (χ0v) is 13.9. The predicted molar refractivity (Wildman–Crippen MR) is 82.5 cm³/mol. The van der Waals surface area contributed by atoms with E-state index in [-0.39, 0.29) is 18.5 Å². The first-order valence-corrected chi connectivity index (χ1v) is 9.66. The van der Waals surface area contributed by atoms with Gasteiger partial charge < -0.3 is 9.80 Å². The molecule has 2 rings (SSSR count). The quantitative estimate of drug-likeness (QED) is 0.751. The Morgan fingerprint density at radius 3 is 2.19 bits per heavy atom. The van der Waals surface area contributed by atoms with Crippen LogP contribution in [0.5, 0.6) is 0 Å². The number of rotatable bonds is 4. The molecule has 1 aliphatic heterocycles. The molecule has 0 aromatic carbocycles. The molecule has 1 saturated carbocycles. The Balaban J connectivity index is 1.99. The lowest BCUT2D eigenvalue weighted by molar-refractivity contribution is -0.133.